The average molecular weight is 243 g/mol. The van der Waals surface area contributed by atoms with Crippen LogP contribution in [0, 0.1) is 11.3 Å². The van der Waals surface area contributed by atoms with Gasteiger partial charge in [-0.1, -0.05) is 60.7 Å². The van der Waals surface area contributed by atoms with Crippen LogP contribution < -0.4 is 0 Å². The van der Waals surface area contributed by atoms with Gasteiger partial charge >= 0.3 is 0 Å². The Morgan fingerprint density at radius 3 is 2.37 bits per heavy atom. The van der Waals surface area contributed by atoms with Gasteiger partial charge in [-0.05, 0) is 33.5 Å². The third-order valence-electron chi connectivity index (χ3n) is 3.29. The maximum Gasteiger partial charge on any atom is 0.0669 e. The SMILES string of the molecule is N#CCc1cc(-c2ccccc2)c2ccccc2c1. The molecule has 0 saturated carbocycles. The van der Waals surface area contributed by atoms with E-state index in [0.29, 0.717) is 6.42 Å². The average Bonchev–Trinajstić information content (AvgIpc) is 2.48. The summed E-state index contributed by atoms with van der Waals surface area (Å²) in [7, 11) is 0. The van der Waals surface area contributed by atoms with E-state index in [9.17, 15) is 0 Å². The van der Waals surface area contributed by atoms with Gasteiger partial charge < -0.3 is 0 Å². The highest BCUT2D eigenvalue weighted by Crippen LogP contribution is 2.30. The molecule has 0 unspecified atom stereocenters. The predicted octanol–water partition coefficient (Wildman–Crippen LogP) is 4.57. The number of hydrogen-bond donors (Lipinski definition) is 0. The quantitative estimate of drug-likeness (QED) is 0.646. The van der Waals surface area contributed by atoms with Crippen LogP contribution in [0.3, 0.4) is 0 Å². The summed E-state index contributed by atoms with van der Waals surface area (Å²) in [6, 6.07) is 25.1. The van der Waals surface area contributed by atoms with E-state index in [1.54, 1.807) is 0 Å². The highest BCUT2D eigenvalue weighted by Gasteiger charge is 2.05. The summed E-state index contributed by atoms with van der Waals surface area (Å²) in [5.41, 5.74) is 3.46. The van der Waals surface area contributed by atoms with Gasteiger partial charge in [0.15, 0.2) is 0 Å². The molecule has 0 heterocycles. The number of fused-ring (bicyclic) bond motifs is 1. The van der Waals surface area contributed by atoms with Crippen LogP contribution in [0.4, 0.5) is 0 Å². The van der Waals surface area contributed by atoms with Gasteiger partial charge in [-0.2, -0.15) is 5.26 Å². The Morgan fingerprint density at radius 1 is 0.842 bits per heavy atom. The van der Waals surface area contributed by atoms with Crippen LogP contribution in [-0.2, 0) is 6.42 Å². The van der Waals surface area contributed by atoms with Crippen molar-refractivity contribution in [2.45, 2.75) is 6.42 Å². The zero-order chi connectivity index (χ0) is 13.1. The molecule has 1 nitrogen and oxygen atoms in total. The molecule has 0 aliphatic rings. The van der Waals surface area contributed by atoms with Crippen molar-refractivity contribution in [3.05, 3.63) is 72.3 Å². The number of benzene rings is 3. The first-order valence-corrected chi connectivity index (χ1v) is 6.32. The summed E-state index contributed by atoms with van der Waals surface area (Å²) in [6.45, 7) is 0. The summed E-state index contributed by atoms with van der Waals surface area (Å²) in [6.07, 6.45) is 0.449. The van der Waals surface area contributed by atoms with Crippen LogP contribution in [-0.4, -0.2) is 0 Å². The lowest BCUT2D eigenvalue weighted by Crippen LogP contribution is -1.87. The van der Waals surface area contributed by atoms with Crippen molar-refractivity contribution < 1.29 is 0 Å². The van der Waals surface area contributed by atoms with Crippen molar-refractivity contribution >= 4 is 10.8 Å². The van der Waals surface area contributed by atoms with E-state index in [4.69, 9.17) is 5.26 Å². The normalized spacial score (nSPS) is 10.3. The molecular weight excluding hydrogens is 230 g/mol. The molecule has 0 radical (unpaired) electrons. The first-order valence-electron chi connectivity index (χ1n) is 6.32. The fraction of sp³-hybridized carbons (Fsp3) is 0.0556. The third-order valence-corrected chi connectivity index (χ3v) is 3.29. The fourth-order valence-electron chi connectivity index (χ4n) is 2.42. The third kappa shape index (κ3) is 2.21. The van der Waals surface area contributed by atoms with Gasteiger partial charge in [-0.15, -0.1) is 0 Å². The van der Waals surface area contributed by atoms with E-state index >= 15 is 0 Å². The largest absolute Gasteiger partial charge is 0.198 e. The zero-order valence-electron chi connectivity index (χ0n) is 10.5. The molecule has 3 rings (SSSR count). The molecule has 0 bridgehead atoms. The monoisotopic (exact) mass is 243 g/mol. The van der Waals surface area contributed by atoms with Crippen LogP contribution in [0.1, 0.15) is 5.56 Å². The van der Waals surface area contributed by atoms with Gasteiger partial charge in [0, 0.05) is 0 Å². The highest BCUT2D eigenvalue weighted by atomic mass is 14.2. The number of nitrogens with zero attached hydrogens (tertiary/aromatic N) is 1. The van der Waals surface area contributed by atoms with Crippen molar-refractivity contribution in [2.24, 2.45) is 0 Å². The van der Waals surface area contributed by atoms with Gasteiger partial charge in [0.05, 0.1) is 12.5 Å². The molecule has 0 fully saturated rings. The van der Waals surface area contributed by atoms with Crippen LogP contribution in [0.15, 0.2) is 66.7 Å². The number of hydrogen-bond acceptors (Lipinski definition) is 1. The molecule has 19 heavy (non-hydrogen) atoms. The molecule has 0 amide bonds. The van der Waals surface area contributed by atoms with Gasteiger partial charge in [-0.3, -0.25) is 0 Å². The Hall–Kier alpha value is -2.59. The topological polar surface area (TPSA) is 23.8 Å². The van der Waals surface area contributed by atoms with E-state index in [1.807, 2.05) is 24.3 Å². The van der Waals surface area contributed by atoms with E-state index in [-0.39, 0.29) is 0 Å². The lowest BCUT2D eigenvalue weighted by Gasteiger charge is -2.09. The molecule has 1 heteroatoms. The van der Waals surface area contributed by atoms with E-state index in [1.165, 1.54) is 21.9 Å². The second-order valence-corrected chi connectivity index (χ2v) is 4.57. The van der Waals surface area contributed by atoms with Gasteiger partial charge in [-0.25, -0.2) is 0 Å². The minimum absolute atomic E-state index is 0.449. The van der Waals surface area contributed by atoms with E-state index in [0.717, 1.165) is 5.56 Å². The van der Waals surface area contributed by atoms with Gasteiger partial charge in [0.2, 0.25) is 0 Å². The van der Waals surface area contributed by atoms with Crippen molar-refractivity contribution in [2.75, 3.05) is 0 Å². The lowest BCUT2D eigenvalue weighted by atomic mass is 9.95. The van der Waals surface area contributed by atoms with Crippen molar-refractivity contribution in [1.82, 2.24) is 0 Å². The molecule has 3 aromatic carbocycles. The van der Waals surface area contributed by atoms with E-state index in [2.05, 4.69) is 48.5 Å². The summed E-state index contributed by atoms with van der Waals surface area (Å²) in [4.78, 5) is 0. The number of rotatable bonds is 2. The minimum Gasteiger partial charge on any atom is -0.198 e. The predicted molar refractivity (Wildman–Crippen MR) is 78.7 cm³/mol. The fourth-order valence-corrected chi connectivity index (χ4v) is 2.42. The summed E-state index contributed by atoms with van der Waals surface area (Å²) in [5, 5.41) is 11.3. The molecule has 0 aromatic heterocycles. The zero-order valence-corrected chi connectivity index (χ0v) is 10.5. The van der Waals surface area contributed by atoms with Gasteiger partial charge in [0.1, 0.15) is 0 Å². The first-order chi connectivity index (χ1) is 9.38. The Balaban J connectivity index is 2.30. The molecule has 0 N–H and O–H groups in total. The Kier molecular flexibility index (Phi) is 3.00. The maximum absolute atomic E-state index is 8.90. The summed E-state index contributed by atoms with van der Waals surface area (Å²) in [5.74, 6) is 0. The van der Waals surface area contributed by atoms with Crippen LogP contribution in [0.2, 0.25) is 0 Å². The lowest BCUT2D eigenvalue weighted by molar-refractivity contribution is 1.27. The second kappa shape index (κ2) is 4.96. The summed E-state index contributed by atoms with van der Waals surface area (Å²) < 4.78 is 0. The Labute approximate surface area is 112 Å². The molecule has 0 aliphatic carbocycles. The maximum atomic E-state index is 8.90. The second-order valence-electron chi connectivity index (χ2n) is 4.57. The van der Waals surface area contributed by atoms with Crippen molar-refractivity contribution in [3.63, 3.8) is 0 Å². The molecule has 0 saturated heterocycles. The molecule has 0 aliphatic heterocycles. The van der Waals surface area contributed by atoms with Crippen LogP contribution in [0.5, 0.6) is 0 Å². The van der Waals surface area contributed by atoms with Crippen molar-refractivity contribution in [1.29, 1.82) is 5.26 Å². The first kappa shape index (κ1) is 11.5. The minimum atomic E-state index is 0.449. The van der Waals surface area contributed by atoms with Crippen LogP contribution >= 0.6 is 0 Å². The molecule has 3 aromatic rings. The molecular formula is C18H13N. The highest BCUT2D eigenvalue weighted by molar-refractivity contribution is 5.97. The number of nitriles is 1. The Bertz CT molecular complexity index is 751. The van der Waals surface area contributed by atoms with E-state index < -0.39 is 0 Å². The van der Waals surface area contributed by atoms with Crippen LogP contribution in [0.25, 0.3) is 21.9 Å². The van der Waals surface area contributed by atoms with Gasteiger partial charge in [0.25, 0.3) is 0 Å². The summed E-state index contributed by atoms with van der Waals surface area (Å²) >= 11 is 0. The van der Waals surface area contributed by atoms with Crippen molar-refractivity contribution in [3.8, 4) is 17.2 Å². The standard InChI is InChI=1S/C18H13N/c19-11-10-14-12-16-8-4-5-9-17(16)18(13-14)15-6-2-1-3-7-15/h1-9,12-13H,10H2. The smallest absolute Gasteiger partial charge is 0.0669 e. The Morgan fingerprint density at radius 2 is 1.58 bits per heavy atom. The molecule has 0 atom stereocenters. The molecule has 90 valence electrons. The molecule has 0 spiro atoms.